The summed E-state index contributed by atoms with van der Waals surface area (Å²) in [5.74, 6) is -1.12. The molecule has 0 radical (unpaired) electrons. The van der Waals surface area contributed by atoms with E-state index in [2.05, 4.69) is 10.6 Å². The monoisotopic (exact) mass is 326 g/mol. The lowest BCUT2D eigenvalue weighted by Gasteiger charge is -2.31. The predicted octanol–water partition coefficient (Wildman–Crippen LogP) is 2.06. The molecule has 1 amide bonds. The van der Waals surface area contributed by atoms with Gasteiger partial charge in [-0.15, -0.1) is 0 Å². The van der Waals surface area contributed by atoms with Gasteiger partial charge in [0.15, 0.2) is 0 Å². The quantitative estimate of drug-likeness (QED) is 0.479. The van der Waals surface area contributed by atoms with E-state index >= 15 is 0 Å². The molecule has 0 unspecified atom stereocenters. The average Bonchev–Trinajstić information content (AvgIpc) is 2.49. The zero-order valence-corrected chi connectivity index (χ0v) is 14.2. The van der Waals surface area contributed by atoms with E-state index in [1.54, 1.807) is 33.3 Å². The Labute approximate surface area is 137 Å². The van der Waals surface area contributed by atoms with E-state index < -0.39 is 5.91 Å². The summed E-state index contributed by atoms with van der Waals surface area (Å²) in [5, 5.41) is 5.90. The highest BCUT2D eigenvalue weighted by molar-refractivity contribution is 5.88. The van der Waals surface area contributed by atoms with Crippen molar-refractivity contribution in [1.82, 2.24) is 0 Å². The van der Waals surface area contributed by atoms with Crippen molar-refractivity contribution in [2.75, 3.05) is 51.3 Å². The number of hydrogen-bond donors (Lipinski definition) is 2. The first kappa shape index (κ1) is 19.4. The van der Waals surface area contributed by atoms with E-state index in [0.29, 0.717) is 26.4 Å². The van der Waals surface area contributed by atoms with E-state index in [0.717, 1.165) is 11.4 Å². The Balaban J connectivity index is 2.68. The molecule has 2 N–H and O–H groups in total. The third kappa shape index (κ3) is 7.94. The van der Waals surface area contributed by atoms with Crippen molar-refractivity contribution in [2.24, 2.45) is 0 Å². The predicted molar refractivity (Wildman–Crippen MR) is 88.4 cm³/mol. The molecule has 0 saturated heterocycles. The van der Waals surface area contributed by atoms with Gasteiger partial charge in [0, 0.05) is 39.4 Å². The number of hydrogen-bond acceptors (Lipinski definition) is 6. The first-order valence-corrected chi connectivity index (χ1v) is 7.40. The molecule has 1 rings (SSSR count). The van der Waals surface area contributed by atoms with E-state index in [-0.39, 0.29) is 5.91 Å². The lowest BCUT2D eigenvalue weighted by molar-refractivity contribution is -0.214. The lowest BCUT2D eigenvalue weighted by Crippen LogP contribution is -2.42. The smallest absolute Gasteiger partial charge is 0.246 e. The first-order valence-electron chi connectivity index (χ1n) is 7.40. The van der Waals surface area contributed by atoms with Crippen LogP contribution in [0.15, 0.2) is 24.3 Å². The van der Waals surface area contributed by atoms with Crippen LogP contribution in [-0.2, 0) is 23.7 Å². The van der Waals surface area contributed by atoms with Crippen LogP contribution >= 0.6 is 0 Å². The molecule has 0 aliphatic carbocycles. The second-order valence-corrected chi connectivity index (χ2v) is 5.01. The van der Waals surface area contributed by atoms with Crippen LogP contribution in [-0.4, -0.2) is 52.5 Å². The van der Waals surface area contributed by atoms with Crippen molar-refractivity contribution in [2.45, 2.75) is 19.8 Å². The molecule has 23 heavy (non-hydrogen) atoms. The van der Waals surface area contributed by atoms with E-state index in [1.165, 1.54) is 6.92 Å². The number of amides is 1. The number of benzene rings is 1. The van der Waals surface area contributed by atoms with Crippen LogP contribution in [0.2, 0.25) is 0 Å². The SMILES string of the molecule is COCCOC(C)(Nc1ccc(NC(C)=O)cc1)OCCOC. The first-order chi connectivity index (χ1) is 11.0. The van der Waals surface area contributed by atoms with Crippen LogP contribution in [0.4, 0.5) is 11.4 Å². The van der Waals surface area contributed by atoms with Gasteiger partial charge in [0.25, 0.3) is 0 Å². The maximum atomic E-state index is 11.0. The minimum Gasteiger partial charge on any atom is -0.382 e. The molecule has 7 heteroatoms. The van der Waals surface area contributed by atoms with Gasteiger partial charge in [-0.1, -0.05) is 0 Å². The zero-order chi connectivity index (χ0) is 17.1. The molecular formula is C16H26N2O5. The van der Waals surface area contributed by atoms with Crippen molar-refractivity contribution >= 4 is 17.3 Å². The van der Waals surface area contributed by atoms with Gasteiger partial charge in [0.2, 0.25) is 11.8 Å². The van der Waals surface area contributed by atoms with Gasteiger partial charge in [-0.25, -0.2) is 0 Å². The zero-order valence-electron chi connectivity index (χ0n) is 14.2. The molecule has 0 aliphatic rings. The van der Waals surface area contributed by atoms with Crippen LogP contribution in [0, 0.1) is 0 Å². The normalized spacial score (nSPS) is 11.3. The number of rotatable bonds is 11. The van der Waals surface area contributed by atoms with Crippen LogP contribution in [0.5, 0.6) is 0 Å². The van der Waals surface area contributed by atoms with Gasteiger partial charge in [0.05, 0.1) is 26.4 Å². The number of anilines is 2. The standard InChI is InChI=1S/C16H26N2O5/c1-13(19)17-14-5-7-15(8-6-14)18-16(2,22-11-9-20-3)23-12-10-21-4/h5-8,18H,9-12H2,1-4H3,(H,17,19). The Morgan fingerprint density at radius 1 is 0.957 bits per heavy atom. The van der Waals surface area contributed by atoms with Gasteiger partial charge in [-0.05, 0) is 24.3 Å². The van der Waals surface area contributed by atoms with Crippen molar-refractivity contribution in [3.8, 4) is 0 Å². The van der Waals surface area contributed by atoms with Crippen molar-refractivity contribution in [3.05, 3.63) is 24.3 Å². The molecule has 0 aliphatic heterocycles. The Bertz CT molecular complexity index is 454. The Morgan fingerprint density at radius 2 is 1.43 bits per heavy atom. The third-order valence-electron chi connectivity index (χ3n) is 2.91. The molecule has 0 bridgehead atoms. The van der Waals surface area contributed by atoms with Crippen LogP contribution in [0.3, 0.4) is 0 Å². The molecule has 130 valence electrons. The van der Waals surface area contributed by atoms with Crippen molar-refractivity contribution in [1.29, 1.82) is 0 Å². The topological polar surface area (TPSA) is 78.1 Å². The summed E-state index contributed by atoms with van der Waals surface area (Å²) in [6.45, 7) is 4.96. The number of carbonyl (C=O) groups is 1. The average molecular weight is 326 g/mol. The van der Waals surface area contributed by atoms with Crippen LogP contribution in [0.25, 0.3) is 0 Å². The molecule has 7 nitrogen and oxygen atoms in total. The molecule has 1 aromatic rings. The highest BCUT2D eigenvalue weighted by atomic mass is 16.7. The molecule has 1 aromatic carbocycles. The molecule has 0 fully saturated rings. The van der Waals surface area contributed by atoms with Crippen LogP contribution in [0.1, 0.15) is 13.8 Å². The molecule has 0 atom stereocenters. The fourth-order valence-corrected chi connectivity index (χ4v) is 1.86. The molecule has 0 saturated carbocycles. The molecule has 0 spiro atoms. The molecule has 0 heterocycles. The Hall–Kier alpha value is -1.67. The second kappa shape index (κ2) is 10.2. The van der Waals surface area contributed by atoms with Gasteiger partial charge < -0.3 is 29.6 Å². The number of methoxy groups -OCH3 is 2. The summed E-state index contributed by atoms with van der Waals surface area (Å²) in [6.07, 6.45) is 0. The fourth-order valence-electron chi connectivity index (χ4n) is 1.86. The van der Waals surface area contributed by atoms with Gasteiger partial charge in [-0.3, -0.25) is 4.79 Å². The second-order valence-electron chi connectivity index (χ2n) is 5.01. The largest absolute Gasteiger partial charge is 0.382 e. The summed E-state index contributed by atoms with van der Waals surface area (Å²) >= 11 is 0. The van der Waals surface area contributed by atoms with Gasteiger partial charge in [0.1, 0.15) is 0 Å². The summed E-state index contributed by atoms with van der Waals surface area (Å²) in [6, 6.07) is 7.27. The number of ether oxygens (including phenoxy) is 4. The number of nitrogens with one attached hydrogen (secondary N) is 2. The van der Waals surface area contributed by atoms with E-state index in [4.69, 9.17) is 18.9 Å². The summed E-state index contributed by atoms with van der Waals surface area (Å²) in [4.78, 5) is 11.0. The summed E-state index contributed by atoms with van der Waals surface area (Å²) in [5.41, 5.74) is 1.53. The summed E-state index contributed by atoms with van der Waals surface area (Å²) < 4.78 is 21.4. The highest BCUT2D eigenvalue weighted by Gasteiger charge is 2.25. The summed E-state index contributed by atoms with van der Waals surface area (Å²) in [7, 11) is 3.22. The lowest BCUT2D eigenvalue weighted by atomic mass is 10.2. The maximum Gasteiger partial charge on any atom is 0.246 e. The van der Waals surface area contributed by atoms with E-state index in [9.17, 15) is 4.79 Å². The van der Waals surface area contributed by atoms with Gasteiger partial charge in [-0.2, -0.15) is 0 Å². The fraction of sp³-hybridized carbons (Fsp3) is 0.562. The minimum atomic E-state index is -1.01. The Morgan fingerprint density at radius 3 is 1.87 bits per heavy atom. The minimum absolute atomic E-state index is 0.110. The highest BCUT2D eigenvalue weighted by Crippen LogP contribution is 2.20. The number of carbonyl (C=O) groups excluding carboxylic acids is 1. The Kier molecular flexibility index (Phi) is 8.57. The third-order valence-corrected chi connectivity index (χ3v) is 2.91. The molecular weight excluding hydrogens is 300 g/mol. The van der Waals surface area contributed by atoms with Crippen molar-refractivity contribution < 1.29 is 23.7 Å². The van der Waals surface area contributed by atoms with Crippen LogP contribution < -0.4 is 10.6 Å². The van der Waals surface area contributed by atoms with Crippen molar-refractivity contribution in [3.63, 3.8) is 0 Å². The molecule has 0 aromatic heterocycles. The maximum absolute atomic E-state index is 11.0. The van der Waals surface area contributed by atoms with E-state index in [1.807, 2.05) is 12.1 Å². The van der Waals surface area contributed by atoms with Gasteiger partial charge >= 0.3 is 0 Å².